The number of aryl methyl sites for hydroxylation is 2. The zero-order valence-electron chi connectivity index (χ0n) is 20.2. The largest absolute Gasteiger partial charge is 0.486 e. The van der Waals surface area contributed by atoms with Crippen LogP contribution in [0.5, 0.6) is 11.5 Å². The molecule has 194 valence electrons. The molecule has 0 bridgehead atoms. The maximum Gasteiger partial charge on any atom is 0.187 e. The summed E-state index contributed by atoms with van der Waals surface area (Å²) in [5, 5.41) is 11.1. The number of benzene rings is 3. The first-order valence-corrected chi connectivity index (χ1v) is 13.2. The molecule has 0 radical (unpaired) electrons. The molecule has 5 rings (SSSR count). The van der Waals surface area contributed by atoms with Gasteiger partial charge < -0.3 is 14.6 Å². The van der Waals surface area contributed by atoms with Gasteiger partial charge in [-0.15, -0.1) is 0 Å². The minimum absolute atomic E-state index is 0.0887. The lowest BCUT2D eigenvalue weighted by atomic mass is 9.98. The molecule has 3 aromatic carbocycles. The molecule has 2 heterocycles. The third-order valence-corrected chi connectivity index (χ3v) is 7.47. The van der Waals surface area contributed by atoms with Gasteiger partial charge in [0.05, 0.1) is 11.0 Å². The fourth-order valence-electron chi connectivity index (χ4n) is 5.03. The third-order valence-electron chi connectivity index (χ3n) is 6.88. The van der Waals surface area contributed by atoms with Crippen molar-refractivity contribution < 1.29 is 28.2 Å². The van der Waals surface area contributed by atoms with Gasteiger partial charge in [-0.2, -0.15) is 0 Å². The molecule has 0 saturated carbocycles. The Balaban J connectivity index is 1.28. The first kappa shape index (κ1) is 25.8. The Labute approximate surface area is 223 Å². The van der Waals surface area contributed by atoms with Gasteiger partial charge in [0.1, 0.15) is 35.3 Å². The fraction of sp³-hybridized carbons (Fsp3) is 0.345. The van der Waals surface area contributed by atoms with E-state index in [1.54, 1.807) is 6.07 Å². The molecule has 8 heteroatoms. The minimum atomic E-state index is -0.863. The molecule has 0 aliphatic carbocycles. The molecule has 3 atom stereocenters. The van der Waals surface area contributed by atoms with E-state index in [-0.39, 0.29) is 30.5 Å². The Kier molecular flexibility index (Phi) is 7.88. The molecular formula is C29H28BrF2NO4. The number of carbonyl (C=O) groups excluding carboxylic acids is 1. The molecule has 2 aliphatic heterocycles. The smallest absolute Gasteiger partial charge is 0.187 e. The summed E-state index contributed by atoms with van der Waals surface area (Å²) < 4.78 is 39.8. The minimum Gasteiger partial charge on any atom is -0.486 e. The predicted molar refractivity (Wildman–Crippen MR) is 139 cm³/mol. The number of ether oxygens (including phenoxy) is 2. The number of aliphatic hydroxyl groups is 1. The number of Topliss-reactive ketones (excluding diaryl/α,β-unsaturated/α-hetero) is 1. The number of fused-ring (bicyclic) bond motifs is 2. The SMILES string of the molecule is O=C(CN(Cc1ccccc1)C[C@@H](O)[C@H]1CCc2cc(F)cc(Br)c2O1)[C@@H]1CCc2cc(F)ccc2O1. The molecule has 2 aliphatic rings. The van der Waals surface area contributed by atoms with E-state index in [9.17, 15) is 18.7 Å². The van der Waals surface area contributed by atoms with Gasteiger partial charge in [-0.3, -0.25) is 9.69 Å². The second-order valence-corrected chi connectivity index (χ2v) is 10.5. The highest BCUT2D eigenvalue weighted by atomic mass is 79.9. The summed E-state index contributed by atoms with van der Waals surface area (Å²) in [7, 11) is 0. The molecule has 5 nitrogen and oxygen atoms in total. The first-order chi connectivity index (χ1) is 17.9. The van der Waals surface area contributed by atoms with E-state index in [4.69, 9.17) is 9.47 Å². The maximum atomic E-state index is 13.8. The van der Waals surface area contributed by atoms with Crippen molar-refractivity contribution in [2.75, 3.05) is 13.1 Å². The van der Waals surface area contributed by atoms with Crippen molar-refractivity contribution in [1.82, 2.24) is 4.90 Å². The lowest BCUT2D eigenvalue weighted by Gasteiger charge is -2.34. The fourth-order valence-corrected chi connectivity index (χ4v) is 5.59. The van der Waals surface area contributed by atoms with Crippen molar-refractivity contribution in [3.63, 3.8) is 0 Å². The highest BCUT2D eigenvalue weighted by Crippen LogP contribution is 2.36. The highest BCUT2D eigenvalue weighted by molar-refractivity contribution is 9.10. The molecule has 0 saturated heterocycles. The number of nitrogens with zero attached hydrogens (tertiary/aromatic N) is 1. The van der Waals surface area contributed by atoms with Gasteiger partial charge in [0.25, 0.3) is 0 Å². The Morgan fingerprint density at radius 2 is 1.76 bits per heavy atom. The van der Waals surface area contributed by atoms with Crippen LogP contribution < -0.4 is 9.47 Å². The summed E-state index contributed by atoms with van der Waals surface area (Å²) >= 11 is 3.36. The van der Waals surface area contributed by atoms with Gasteiger partial charge in [-0.05, 0) is 88.6 Å². The summed E-state index contributed by atoms with van der Waals surface area (Å²) in [6.45, 7) is 0.774. The zero-order chi connectivity index (χ0) is 25.9. The Bertz CT molecular complexity index is 1270. The number of carbonyl (C=O) groups is 1. The molecule has 37 heavy (non-hydrogen) atoms. The quantitative estimate of drug-likeness (QED) is 0.400. The van der Waals surface area contributed by atoms with Crippen LogP contribution in [0, 0.1) is 11.6 Å². The van der Waals surface area contributed by atoms with Crippen LogP contribution >= 0.6 is 15.9 Å². The third kappa shape index (κ3) is 6.20. The zero-order valence-corrected chi connectivity index (χ0v) is 21.8. The number of hydrogen-bond acceptors (Lipinski definition) is 5. The van der Waals surface area contributed by atoms with E-state index in [0.717, 1.165) is 16.7 Å². The number of halogens is 3. The second kappa shape index (κ2) is 11.3. The lowest BCUT2D eigenvalue weighted by molar-refractivity contribution is -0.128. The van der Waals surface area contributed by atoms with Gasteiger partial charge in [-0.1, -0.05) is 30.3 Å². The summed E-state index contributed by atoms with van der Waals surface area (Å²) in [6.07, 6.45) is 0.182. The van der Waals surface area contributed by atoms with Gasteiger partial charge >= 0.3 is 0 Å². The lowest BCUT2D eigenvalue weighted by Crippen LogP contribution is -2.46. The Morgan fingerprint density at radius 3 is 2.57 bits per heavy atom. The van der Waals surface area contributed by atoms with Crippen molar-refractivity contribution in [3.8, 4) is 11.5 Å². The number of aliphatic hydroxyl groups excluding tert-OH is 1. The van der Waals surface area contributed by atoms with Crippen molar-refractivity contribution in [1.29, 1.82) is 0 Å². The maximum absolute atomic E-state index is 13.8. The topological polar surface area (TPSA) is 59.0 Å². The average molecular weight is 572 g/mol. The number of rotatable bonds is 8. The molecule has 3 aromatic rings. The highest BCUT2D eigenvalue weighted by Gasteiger charge is 2.32. The van der Waals surface area contributed by atoms with E-state index < -0.39 is 18.3 Å². The first-order valence-electron chi connectivity index (χ1n) is 12.4. The number of hydrogen-bond donors (Lipinski definition) is 1. The second-order valence-electron chi connectivity index (χ2n) is 9.66. The van der Waals surface area contributed by atoms with E-state index in [2.05, 4.69) is 15.9 Å². The van der Waals surface area contributed by atoms with Crippen molar-refractivity contribution in [3.05, 3.63) is 93.5 Å². The molecule has 0 aromatic heterocycles. The monoisotopic (exact) mass is 571 g/mol. The standard InChI is InChI=1S/C29H28BrF2NO4/c30-23-14-22(32)13-20-7-10-28(37-29(20)23)25(35)17-33(15-18-4-2-1-3-5-18)16-24(34)27-9-6-19-12-21(31)8-11-26(19)36-27/h1-5,8,11-14,25,27-28,35H,6-7,9-10,15-17H2/t25-,27+,28-/m1/s1. The average Bonchev–Trinajstić information content (AvgIpc) is 2.88. The summed E-state index contributed by atoms with van der Waals surface area (Å²) in [6, 6.07) is 16.9. The van der Waals surface area contributed by atoms with Crippen LogP contribution in [0.2, 0.25) is 0 Å². The van der Waals surface area contributed by atoms with Crippen LogP contribution in [0.1, 0.15) is 29.5 Å². The van der Waals surface area contributed by atoms with Gasteiger partial charge in [0.15, 0.2) is 11.9 Å². The molecule has 0 unspecified atom stereocenters. The van der Waals surface area contributed by atoms with Crippen LogP contribution in [-0.4, -0.2) is 47.2 Å². The summed E-state index contributed by atoms with van der Waals surface area (Å²) in [5.74, 6) is 0.342. The van der Waals surface area contributed by atoms with Gasteiger partial charge in [0, 0.05) is 13.1 Å². The van der Waals surface area contributed by atoms with Crippen LogP contribution in [0.3, 0.4) is 0 Å². The van der Waals surface area contributed by atoms with E-state index in [1.807, 2.05) is 35.2 Å². The molecular weight excluding hydrogens is 544 g/mol. The molecule has 0 amide bonds. The Morgan fingerprint density at radius 1 is 1.00 bits per heavy atom. The van der Waals surface area contributed by atoms with Crippen LogP contribution in [0.15, 0.2) is 65.1 Å². The Hall–Kier alpha value is -2.81. The van der Waals surface area contributed by atoms with E-state index in [0.29, 0.717) is 48.2 Å². The van der Waals surface area contributed by atoms with Crippen LogP contribution in [-0.2, 0) is 24.2 Å². The van der Waals surface area contributed by atoms with Crippen molar-refractivity contribution in [2.45, 2.75) is 50.5 Å². The molecule has 1 N–H and O–H groups in total. The normalized spacial score (nSPS) is 19.4. The summed E-state index contributed by atoms with van der Waals surface area (Å²) in [4.78, 5) is 15.2. The summed E-state index contributed by atoms with van der Waals surface area (Å²) in [5.41, 5.74) is 2.55. The van der Waals surface area contributed by atoms with Crippen molar-refractivity contribution in [2.24, 2.45) is 0 Å². The number of ketones is 1. The van der Waals surface area contributed by atoms with Crippen LogP contribution in [0.4, 0.5) is 8.78 Å². The van der Waals surface area contributed by atoms with E-state index >= 15 is 0 Å². The van der Waals surface area contributed by atoms with Gasteiger partial charge in [0.2, 0.25) is 0 Å². The van der Waals surface area contributed by atoms with Gasteiger partial charge in [-0.25, -0.2) is 8.78 Å². The molecule has 0 spiro atoms. The van der Waals surface area contributed by atoms with Crippen LogP contribution in [0.25, 0.3) is 0 Å². The molecule has 0 fully saturated rings. The van der Waals surface area contributed by atoms with Crippen molar-refractivity contribution >= 4 is 21.7 Å². The predicted octanol–water partition coefficient (Wildman–Crippen LogP) is 5.25. The van der Waals surface area contributed by atoms with E-state index in [1.165, 1.54) is 24.3 Å².